The minimum Gasteiger partial charge on any atom is -0.444 e. The highest BCUT2D eigenvalue weighted by atomic mass is 127. The summed E-state index contributed by atoms with van der Waals surface area (Å²) in [7, 11) is 1.89. The molecule has 1 heterocycles. The summed E-state index contributed by atoms with van der Waals surface area (Å²) in [6.07, 6.45) is 1.46. The number of carbonyl (C=O) groups is 1. The number of halogens is 1. The van der Waals surface area contributed by atoms with Crippen molar-refractivity contribution in [1.82, 2.24) is 25.3 Å². The molecule has 1 aromatic rings. The number of hydrogen-bond acceptors (Lipinski definition) is 4. The van der Waals surface area contributed by atoms with E-state index in [0.717, 1.165) is 12.2 Å². The number of guanidine groups is 1. The summed E-state index contributed by atoms with van der Waals surface area (Å²) in [5.41, 5.74) is 0.540. The zero-order chi connectivity index (χ0) is 18.9. The molecule has 0 bridgehead atoms. The van der Waals surface area contributed by atoms with Crippen LogP contribution in [0.5, 0.6) is 0 Å². The Morgan fingerprint density at radius 2 is 2.04 bits per heavy atom. The van der Waals surface area contributed by atoms with Crippen LogP contribution in [0.3, 0.4) is 0 Å². The summed E-state index contributed by atoms with van der Waals surface area (Å²) >= 11 is 0. The van der Waals surface area contributed by atoms with Crippen LogP contribution in [-0.2, 0) is 18.3 Å². The van der Waals surface area contributed by atoms with Gasteiger partial charge in [0.25, 0.3) is 0 Å². The van der Waals surface area contributed by atoms with E-state index in [-0.39, 0.29) is 30.1 Å². The van der Waals surface area contributed by atoms with E-state index >= 15 is 0 Å². The van der Waals surface area contributed by atoms with Crippen molar-refractivity contribution in [2.45, 2.75) is 46.8 Å². The molecule has 1 rings (SSSR count). The predicted octanol–water partition coefficient (Wildman–Crippen LogP) is 2.35. The molecule has 0 aliphatic carbocycles. The Kier molecular flexibility index (Phi) is 11.3. The van der Waals surface area contributed by atoms with Crippen molar-refractivity contribution in [3.8, 4) is 0 Å². The Morgan fingerprint density at radius 1 is 1.35 bits per heavy atom. The zero-order valence-corrected chi connectivity index (χ0v) is 19.0. The summed E-state index contributed by atoms with van der Waals surface area (Å²) in [6.45, 7) is 12.6. The maximum atomic E-state index is 12.1. The molecule has 1 aromatic heterocycles. The molecule has 0 spiro atoms. The summed E-state index contributed by atoms with van der Waals surface area (Å²) in [6, 6.07) is 1.94. The number of amides is 1. The standard InChI is InChI=1S/C17H32N6O2.HI/c1-7-18-15(20-13-14-9-10-21-22(14)6)19-11-12-23(8-2)16(24)25-17(3,4)5;/h9-10H,7-8,11-13H2,1-6H3,(H2,18,19,20);1H. The number of ether oxygens (including phenoxy) is 1. The van der Waals surface area contributed by atoms with Crippen LogP contribution in [0, 0.1) is 0 Å². The van der Waals surface area contributed by atoms with E-state index in [9.17, 15) is 4.79 Å². The smallest absolute Gasteiger partial charge is 0.410 e. The first-order valence-electron chi connectivity index (χ1n) is 8.73. The molecule has 0 fully saturated rings. The number of nitrogens with one attached hydrogen (secondary N) is 2. The van der Waals surface area contributed by atoms with Gasteiger partial charge in [-0.15, -0.1) is 24.0 Å². The lowest BCUT2D eigenvalue weighted by molar-refractivity contribution is 0.0264. The molecule has 0 aromatic carbocycles. The summed E-state index contributed by atoms with van der Waals surface area (Å²) < 4.78 is 7.21. The van der Waals surface area contributed by atoms with Crippen LogP contribution >= 0.6 is 24.0 Å². The predicted molar refractivity (Wildman–Crippen MR) is 115 cm³/mol. The third kappa shape index (κ3) is 9.25. The van der Waals surface area contributed by atoms with Crippen molar-refractivity contribution in [3.05, 3.63) is 18.0 Å². The first-order chi connectivity index (χ1) is 11.8. The molecule has 8 nitrogen and oxygen atoms in total. The summed E-state index contributed by atoms with van der Waals surface area (Å²) in [5, 5.41) is 10.6. The lowest BCUT2D eigenvalue weighted by atomic mass is 10.2. The van der Waals surface area contributed by atoms with Gasteiger partial charge in [0, 0.05) is 39.4 Å². The molecule has 0 aliphatic heterocycles. The Balaban J connectivity index is 0.00000625. The van der Waals surface area contributed by atoms with Gasteiger partial charge in [0.15, 0.2) is 5.96 Å². The normalized spacial score (nSPS) is 11.5. The lowest BCUT2D eigenvalue weighted by Gasteiger charge is -2.26. The molecule has 150 valence electrons. The molecule has 26 heavy (non-hydrogen) atoms. The second kappa shape index (κ2) is 12.0. The largest absolute Gasteiger partial charge is 0.444 e. The van der Waals surface area contributed by atoms with Gasteiger partial charge in [0.1, 0.15) is 5.60 Å². The Bertz CT molecular complexity index is 568. The van der Waals surface area contributed by atoms with Crippen LogP contribution in [0.1, 0.15) is 40.3 Å². The van der Waals surface area contributed by atoms with Gasteiger partial charge in [-0.25, -0.2) is 9.79 Å². The van der Waals surface area contributed by atoms with Crippen molar-refractivity contribution >= 4 is 36.0 Å². The van der Waals surface area contributed by atoms with Gasteiger partial charge in [0.2, 0.25) is 0 Å². The fourth-order valence-corrected chi connectivity index (χ4v) is 2.07. The van der Waals surface area contributed by atoms with Gasteiger partial charge < -0.3 is 20.3 Å². The van der Waals surface area contributed by atoms with Crippen LogP contribution in [0.25, 0.3) is 0 Å². The number of rotatable bonds is 7. The monoisotopic (exact) mass is 480 g/mol. The average molecular weight is 480 g/mol. The maximum absolute atomic E-state index is 12.1. The van der Waals surface area contributed by atoms with E-state index in [0.29, 0.717) is 32.1 Å². The molecule has 2 N–H and O–H groups in total. The van der Waals surface area contributed by atoms with Gasteiger partial charge in [0.05, 0.1) is 12.2 Å². The third-order valence-electron chi connectivity index (χ3n) is 3.37. The molecule has 0 aliphatic rings. The summed E-state index contributed by atoms with van der Waals surface area (Å²) in [4.78, 5) is 18.3. The molecular formula is C17H33IN6O2. The van der Waals surface area contributed by atoms with Crippen molar-refractivity contribution in [2.75, 3.05) is 26.2 Å². The number of hydrogen-bond donors (Lipinski definition) is 2. The Labute approximate surface area is 173 Å². The number of likely N-dealkylation sites (N-methyl/N-ethyl adjacent to an activating group) is 1. The van der Waals surface area contributed by atoms with E-state index < -0.39 is 5.60 Å². The Hall–Kier alpha value is -1.52. The van der Waals surface area contributed by atoms with Gasteiger partial charge in [-0.05, 0) is 40.7 Å². The Morgan fingerprint density at radius 3 is 2.54 bits per heavy atom. The van der Waals surface area contributed by atoms with Crippen LogP contribution in [0.2, 0.25) is 0 Å². The average Bonchev–Trinajstić information content (AvgIpc) is 2.92. The van der Waals surface area contributed by atoms with Crippen molar-refractivity contribution < 1.29 is 9.53 Å². The quantitative estimate of drug-likeness (QED) is 0.356. The number of nitrogens with zero attached hydrogens (tertiary/aromatic N) is 4. The number of aromatic nitrogens is 2. The zero-order valence-electron chi connectivity index (χ0n) is 16.7. The fourth-order valence-electron chi connectivity index (χ4n) is 2.07. The minimum atomic E-state index is -0.489. The topological polar surface area (TPSA) is 83.8 Å². The van der Waals surface area contributed by atoms with E-state index in [2.05, 4.69) is 20.7 Å². The molecule has 9 heteroatoms. The number of aliphatic imine (C=N–C) groups is 1. The molecule has 1 amide bonds. The molecule has 0 atom stereocenters. The van der Waals surface area contributed by atoms with E-state index in [1.807, 2.05) is 47.7 Å². The highest BCUT2D eigenvalue weighted by Gasteiger charge is 2.20. The SMILES string of the molecule is CCNC(=NCc1ccnn1C)NCCN(CC)C(=O)OC(C)(C)C.I. The number of aryl methyl sites for hydroxylation is 1. The van der Waals surface area contributed by atoms with Crippen LogP contribution < -0.4 is 10.6 Å². The lowest BCUT2D eigenvalue weighted by Crippen LogP contribution is -2.44. The molecule has 0 saturated heterocycles. The van der Waals surface area contributed by atoms with Gasteiger partial charge in [-0.2, -0.15) is 5.10 Å². The maximum Gasteiger partial charge on any atom is 0.410 e. The van der Waals surface area contributed by atoms with Gasteiger partial charge in [-0.3, -0.25) is 4.68 Å². The number of carbonyl (C=O) groups excluding carboxylic acids is 1. The van der Waals surface area contributed by atoms with Crippen LogP contribution in [0.4, 0.5) is 4.79 Å². The van der Waals surface area contributed by atoms with E-state index in [1.165, 1.54) is 0 Å². The molecule has 0 radical (unpaired) electrons. The van der Waals surface area contributed by atoms with Gasteiger partial charge in [-0.1, -0.05) is 0 Å². The van der Waals surface area contributed by atoms with E-state index in [1.54, 1.807) is 15.8 Å². The first-order valence-corrected chi connectivity index (χ1v) is 8.73. The fraction of sp³-hybridized carbons (Fsp3) is 0.706. The van der Waals surface area contributed by atoms with E-state index in [4.69, 9.17) is 4.74 Å². The highest BCUT2D eigenvalue weighted by molar-refractivity contribution is 14.0. The second-order valence-corrected chi connectivity index (χ2v) is 6.63. The molecule has 0 saturated carbocycles. The highest BCUT2D eigenvalue weighted by Crippen LogP contribution is 2.09. The van der Waals surface area contributed by atoms with Crippen molar-refractivity contribution in [2.24, 2.45) is 12.0 Å². The van der Waals surface area contributed by atoms with Crippen LogP contribution in [-0.4, -0.2) is 58.5 Å². The first kappa shape index (κ1) is 24.5. The van der Waals surface area contributed by atoms with Crippen molar-refractivity contribution in [3.63, 3.8) is 0 Å². The second-order valence-electron chi connectivity index (χ2n) is 6.63. The van der Waals surface area contributed by atoms with Crippen molar-refractivity contribution in [1.29, 1.82) is 0 Å². The third-order valence-corrected chi connectivity index (χ3v) is 3.37. The van der Waals surface area contributed by atoms with Gasteiger partial charge >= 0.3 is 6.09 Å². The van der Waals surface area contributed by atoms with Crippen LogP contribution in [0.15, 0.2) is 17.3 Å². The molecule has 0 unspecified atom stereocenters. The minimum absolute atomic E-state index is 0. The summed E-state index contributed by atoms with van der Waals surface area (Å²) in [5.74, 6) is 0.712. The molecular weight excluding hydrogens is 447 g/mol.